The van der Waals surface area contributed by atoms with Crippen LogP contribution in [0.15, 0.2) is 46.9 Å². The number of rotatable bonds is 3. The molecule has 0 aromatic heterocycles. The minimum Gasteiger partial charge on any atom is -0.370 e. The average Bonchev–Trinajstić information content (AvgIpc) is 3.15. The third-order valence-corrected chi connectivity index (χ3v) is 5.09. The lowest BCUT2D eigenvalue weighted by Crippen LogP contribution is -2.34. The molecule has 0 spiro atoms. The molecule has 1 amide bonds. The van der Waals surface area contributed by atoms with Gasteiger partial charge in [0.15, 0.2) is 5.11 Å². The molecule has 4 nitrogen and oxygen atoms in total. The highest BCUT2D eigenvalue weighted by molar-refractivity contribution is 9.10. The van der Waals surface area contributed by atoms with Gasteiger partial charge in [-0.3, -0.25) is 10.1 Å². The van der Waals surface area contributed by atoms with E-state index in [0.29, 0.717) is 11.3 Å². The van der Waals surface area contributed by atoms with Crippen LogP contribution in [0.2, 0.25) is 0 Å². The van der Waals surface area contributed by atoms with Crippen LogP contribution >= 0.6 is 28.1 Å². The van der Waals surface area contributed by atoms with Gasteiger partial charge in [0.05, 0.1) is 16.9 Å². The van der Waals surface area contributed by atoms with E-state index in [1.54, 1.807) is 24.3 Å². The molecule has 1 fully saturated rings. The minimum absolute atomic E-state index is 0.0623. The Bertz CT molecular complexity index is 881. The molecule has 0 saturated carbocycles. The molecule has 0 bridgehead atoms. The van der Waals surface area contributed by atoms with Gasteiger partial charge in [-0.1, -0.05) is 15.9 Å². The van der Waals surface area contributed by atoms with Gasteiger partial charge in [0.25, 0.3) is 5.91 Å². The fourth-order valence-electron chi connectivity index (χ4n) is 2.98. The standard InChI is InChI=1S/C19H17BrF3N3OS/c20-14-6-3-12(4-7-14)17(27)25-18(28)24-15-11-13(19(21,22)23)5-8-16(15)26-9-1-2-10-26/h3-8,11H,1-2,9-10H2,(H2,24,25,27,28). The van der Waals surface area contributed by atoms with Crippen LogP contribution in [0.5, 0.6) is 0 Å². The van der Waals surface area contributed by atoms with Crippen molar-refractivity contribution >= 4 is 50.5 Å². The summed E-state index contributed by atoms with van der Waals surface area (Å²) in [6, 6.07) is 10.2. The monoisotopic (exact) mass is 471 g/mol. The van der Waals surface area contributed by atoms with E-state index in [1.807, 2.05) is 4.90 Å². The van der Waals surface area contributed by atoms with Gasteiger partial charge in [0, 0.05) is 23.1 Å². The Morgan fingerprint density at radius 3 is 2.32 bits per heavy atom. The van der Waals surface area contributed by atoms with Gasteiger partial charge >= 0.3 is 6.18 Å². The van der Waals surface area contributed by atoms with Crippen molar-refractivity contribution in [3.05, 3.63) is 58.1 Å². The molecule has 28 heavy (non-hydrogen) atoms. The summed E-state index contributed by atoms with van der Waals surface area (Å²) in [4.78, 5) is 14.3. The molecule has 0 aliphatic carbocycles. The van der Waals surface area contributed by atoms with Crippen molar-refractivity contribution in [2.75, 3.05) is 23.3 Å². The Morgan fingerprint density at radius 1 is 1.07 bits per heavy atom. The van der Waals surface area contributed by atoms with Crippen LogP contribution in [-0.4, -0.2) is 24.1 Å². The molecule has 1 saturated heterocycles. The van der Waals surface area contributed by atoms with Crippen LogP contribution in [0, 0.1) is 0 Å². The van der Waals surface area contributed by atoms with E-state index >= 15 is 0 Å². The number of carbonyl (C=O) groups excluding carboxylic acids is 1. The third kappa shape index (κ3) is 5.02. The molecule has 148 valence electrons. The normalized spacial score (nSPS) is 14.1. The lowest BCUT2D eigenvalue weighted by molar-refractivity contribution is -0.137. The topological polar surface area (TPSA) is 44.4 Å². The first-order chi connectivity index (χ1) is 13.2. The van der Waals surface area contributed by atoms with Crippen LogP contribution in [0.1, 0.15) is 28.8 Å². The number of amides is 1. The summed E-state index contributed by atoms with van der Waals surface area (Å²) in [5, 5.41) is 5.20. The maximum absolute atomic E-state index is 13.1. The van der Waals surface area contributed by atoms with Crippen molar-refractivity contribution in [2.24, 2.45) is 0 Å². The van der Waals surface area contributed by atoms with Gasteiger partial charge in [-0.15, -0.1) is 0 Å². The van der Waals surface area contributed by atoms with Crippen molar-refractivity contribution < 1.29 is 18.0 Å². The summed E-state index contributed by atoms with van der Waals surface area (Å²) in [6.45, 7) is 1.52. The van der Waals surface area contributed by atoms with Crippen LogP contribution in [-0.2, 0) is 6.18 Å². The lowest BCUT2D eigenvalue weighted by Gasteiger charge is -2.23. The molecule has 2 aromatic rings. The summed E-state index contributed by atoms with van der Waals surface area (Å²) in [6.07, 6.45) is -2.52. The summed E-state index contributed by atoms with van der Waals surface area (Å²) in [7, 11) is 0. The fraction of sp³-hybridized carbons (Fsp3) is 0.263. The first-order valence-corrected chi connectivity index (χ1v) is 9.78. The molecule has 0 atom stereocenters. The van der Waals surface area contributed by atoms with Gasteiger partial charge in [-0.25, -0.2) is 0 Å². The van der Waals surface area contributed by atoms with E-state index in [-0.39, 0.29) is 10.8 Å². The van der Waals surface area contributed by atoms with E-state index < -0.39 is 17.6 Å². The van der Waals surface area contributed by atoms with Crippen molar-refractivity contribution in [3.8, 4) is 0 Å². The van der Waals surface area contributed by atoms with Crippen LogP contribution in [0.25, 0.3) is 0 Å². The lowest BCUT2D eigenvalue weighted by atomic mass is 10.1. The summed E-state index contributed by atoms with van der Waals surface area (Å²) in [5.41, 5.74) is 0.458. The van der Waals surface area contributed by atoms with E-state index in [2.05, 4.69) is 26.6 Å². The Balaban J connectivity index is 1.79. The highest BCUT2D eigenvalue weighted by Gasteiger charge is 2.32. The van der Waals surface area contributed by atoms with Gasteiger partial charge in [0.1, 0.15) is 0 Å². The molecular formula is C19H17BrF3N3OS. The molecule has 2 N–H and O–H groups in total. The Labute approximate surface area is 174 Å². The first-order valence-electron chi connectivity index (χ1n) is 8.58. The third-order valence-electron chi connectivity index (χ3n) is 4.35. The van der Waals surface area contributed by atoms with Gasteiger partial charge in [-0.2, -0.15) is 13.2 Å². The van der Waals surface area contributed by atoms with Crippen molar-refractivity contribution in [2.45, 2.75) is 19.0 Å². The molecular weight excluding hydrogens is 455 g/mol. The van der Waals surface area contributed by atoms with Crippen molar-refractivity contribution in [1.29, 1.82) is 0 Å². The molecule has 1 aliphatic rings. The molecule has 0 radical (unpaired) electrons. The van der Waals surface area contributed by atoms with Gasteiger partial charge in [0.2, 0.25) is 0 Å². The molecule has 0 unspecified atom stereocenters. The predicted octanol–water partition coefficient (Wildman–Crippen LogP) is 5.19. The summed E-state index contributed by atoms with van der Waals surface area (Å²) >= 11 is 8.44. The van der Waals surface area contributed by atoms with Crippen LogP contribution in [0.4, 0.5) is 24.5 Å². The number of hydrogen-bond donors (Lipinski definition) is 2. The molecule has 1 aliphatic heterocycles. The Kier molecular flexibility index (Phi) is 6.24. The van der Waals surface area contributed by atoms with E-state index in [4.69, 9.17) is 12.2 Å². The summed E-state index contributed by atoms with van der Waals surface area (Å²) in [5.74, 6) is -0.445. The van der Waals surface area contributed by atoms with E-state index in [1.165, 1.54) is 6.07 Å². The zero-order valence-corrected chi connectivity index (χ0v) is 17.0. The number of carbonyl (C=O) groups is 1. The quantitative estimate of drug-likeness (QED) is 0.604. The number of nitrogens with one attached hydrogen (secondary N) is 2. The minimum atomic E-state index is -4.47. The highest BCUT2D eigenvalue weighted by atomic mass is 79.9. The number of benzene rings is 2. The fourth-order valence-corrected chi connectivity index (χ4v) is 3.44. The molecule has 1 heterocycles. The van der Waals surface area contributed by atoms with E-state index in [9.17, 15) is 18.0 Å². The maximum Gasteiger partial charge on any atom is 0.416 e. The number of hydrogen-bond acceptors (Lipinski definition) is 3. The second-order valence-electron chi connectivity index (χ2n) is 6.34. The van der Waals surface area contributed by atoms with Crippen molar-refractivity contribution in [1.82, 2.24) is 5.32 Å². The zero-order valence-electron chi connectivity index (χ0n) is 14.6. The maximum atomic E-state index is 13.1. The van der Waals surface area contributed by atoms with Gasteiger partial charge < -0.3 is 10.2 Å². The molecule has 3 rings (SSSR count). The van der Waals surface area contributed by atoms with Crippen molar-refractivity contribution in [3.63, 3.8) is 0 Å². The second kappa shape index (κ2) is 8.48. The summed E-state index contributed by atoms with van der Waals surface area (Å²) < 4.78 is 40.2. The van der Waals surface area contributed by atoms with Gasteiger partial charge in [-0.05, 0) is 67.5 Å². The largest absolute Gasteiger partial charge is 0.416 e. The molecule has 2 aromatic carbocycles. The highest BCUT2D eigenvalue weighted by Crippen LogP contribution is 2.36. The smallest absolute Gasteiger partial charge is 0.370 e. The molecule has 9 heteroatoms. The number of thiocarbonyl (C=S) groups is 1. The zero-order chi connectivity index (χ0) is 20.3. The average molecular weight is 472 g/mol. The second-order valence-corrected chi connectivity index (χ2v) is 7.66. The number of alkyl halides is 3. The Hall–Kier alpha value is -2.13. The van der Waals surface area contributed by atoms with E-state index in [0.717, 1.165) is 42.5 Å². The van der Waals surface area contributed by atoms with Crippen LogP contribution < -0.4 is 15.5 Å². The SMILES string of the molecule is O=C(NC(=S)Nc1cc(C(F)(F)F)ccc1N1CCCC1)c1ccc(Br)cc1. The Morgan fingerprint density at radius 2 is 1.71 bits per heavy atom. The number of halogens is 4. The number of anilines is 2. The number of nitrogens with zero attached hydrogens (tertiary/aromatic N) is 1. The van der Waals surface area contributed by atoms with Crippen LogP contribution in [0.3, 0.4) is 0 Å². The predicted molar refractivity (Wildman–Crippen MR) is 111 cm³/mol. The first kappa shape index (κ1) is 20.6.